The fourth-order valence-corrected chi connectivity index (χ4v) is 3.86. The number of H-pyrrole nitrogens is 1. The first-order valence-electron chi connectivity index (χ1n) is 8.97. The van der Waals surface area contributed by atoms with Crippen LogP contribution in [-0.4, -0.2) is 21.6 Å². The Hall–Kier alpha value is -2.89. The van der Waals surface area contributed by atoms with Crippen molar-refractivity contribution in [2.45, 2.75) is 38.1 Å². The maximum atomic E-state index is 12.6. The zero-order valence-electron chi connectivity index (χ0n) is 14.7. The van der Waals surface area contributed by atoms with Crippen LogP contribution in [0, 0.1) is 0 Å². The molecule has 1 aliphatic rings. The van der Waals surface area contributed by atoms with Gasteiger partial charge in [0.1, 0.15) is 11.4 Å². The van der Waals surface area contributed by atoms with Crippen LogP contribution in [0.1, 0.15) is 38.1 Å². The van der Waals surface area contributed by atoms with Crippen molar-refractivity contribution in [3.05, 3.63) is 57.4 Å². The number of pyridine rings is 1. The molecule has 2 heterocycles. The zero-order valence-corrected chi connectivity index (χ0v) is 14.7. The van der Waals surface area contributed by atoms with Gasteiger partial charge >= 0.3 is 5.69 Å². The van der Waals surface area contributed by atoms with E-state index >= 15 is 0 Å². The van der Waals surface area contributed by atoms with Crippen molar-refractivity contribution in [2.75, 3.05) is 7.11 Å². The molecule has 2 aromatic heterocycles. The Kier molecular flexibility index (Phi) is 4.32. The minimum Gasteiger partial charge on any atom is -0.497 e. The van der Waals surface area contributed by atoms with E-state index in [4.69, 9.17) is 4.74 Å². The summed E-state index contributed by atoms with van der Waals surface area (Å²) in [5, 5.41) is 0.461. The molecule has 1 saturated carbocycles. The average Bonchev–Trinajstić information content (AvgIpc) is 2.68. The Morgan fingerprint density at radius 2 is 1.81 bits per heavy atom. The van der Waals surface area contributed by atoms with Gasteiger partial charge in [0.2, 0.25) is 0 Å². The quantitative estimate of drug-likeness (QED) is 0.786. The lowest BCUT2D eigenvalue weighted by molar-refractivity contribution is 0.349. The van der Waals surface area contributed by atoms with Crippen molar-refractivity contribution in [1.82, 2.24) is 14.5 Å². The maximum absolute atomic E-state index is 12.6. The van der Waals surface area contributed by atoms with Crippen LogP contribution in [0.2, 0.25) is 0 Å². The number of aromatic nitrogens is 3. The van der Waals surface area contributed by atoms with E-state index in [1.54, 1.807) is 17.9 Å². The predicted molar refractivity (Wildman–Crippen MR) is 101 cm³/mol. The number of hydrogen-bond donors (Lipinski definition) is 1. The summed E-state index contributed by atoms with van der Waals surface area (Å²) >= 11 is 0. The van der Waals surface area contributed by atoms with Crippen molar-refractivity contribution in [3.8, 4) is 16.9 Å². The first kappa shape index (κ1) is 16.6. The van der Waals surface area contributed by atoms with Gasteiger partial charge in [-0.15, -0.1) is 0 Å². The Bertz CT molecular complexity index is 1040. The van der Waals surface area contributed by atoms with Gasteiger partial charge in [-0.25, -0.2) is 9.78 Å². The summed E-state index contributed by atoms with van der Waals surface area (Å²) in [5.41, 5.74) is 1.37. The van der Waals surface area contributed by atoms with Gasteiger partial charge in [0.25, 0.3) is 5.56 Å². The van der Waals surface area contributed by atoms with Crippen molar-refractivity contribution in [2.24, 2.45) is 0 Å². The topological polar surface area (TPSA) is 77.0 Å². The van der Waals surface area contributed by atoms with Crippen LogP contribution in [0.5, 0.6) is 5.75 Å². The number of rotatable bonds is 3. The minimum atomic E-state index is -0.393. The summed E-state index contributed by atoms with van der Waals surface area (Å²) in [4.78, 5) is 32.1. The molecule has 1 aliphatic carbocycles. The van der Waals surface area contributed by atoms with Gasteiger partial charge in [-0.05, 0) is 42.2 Å². The molecule has 1 aromatic carbocycles. The van der Waals surface area contributed by atoms with E-state index in [0.29, 0.717) is 11.0 Å². The van der Waals surface area contributed by atoms with Gasteiger partial charge in [-0.3, -0.25) is 14.3 Å². The summed E-state index contributed by atoms with van der Waals surface area (Å²) in [6.45, 7) is 0. The lowest BCUT2D eigenvalue weighted by Crippen LogP contribution is -2.34. The molecule has 0 aliphatic heterocycles. The lowest BCUT2D eigenvalue weighted by atomic mass is 9.95. The minimum absolute atomic E-state index is 0.0919. The normalized spacial score (nSPS) is 15.3. The van der Waals surface area contributed by atoms with Gasteiger partial charge in [-0.2, -0.15) is 0 Å². The summed E-state index contributed by atoms with van der Waals surface area (Å²) in [6.07, 6.45) is 6.92. The van der Waals surface area contributed by atoms with Gasteiger partial charge in [0.15, 0.2) is 0 Å². The SMILES string of the molecule is COc1ccc(-c2ccnc3c2c(=O)[nH]c(=O)n3C2CCCCC2)cc1. The van der Waals surface area contributed by atoms with Gasteiger partial charge in [0.05, 0.1) is 12.5 Å². The highest BCUT2D eigenvalue weighted by molar-refractivity contribution is 5.92. The molecule has 0 spiro atoms. The van der Waals surface area contributed by atoms with Crippen molar-refractivity contribution < 1.29 is 4.74 Å². The van der Waals surface area contributed by atoms with Crippen LogP contribution >= 0.6 is 0 Å². The molecule has 0 amide bonds. The molecule has 0 saturated heterocycles. The molecule has 26 heavy (non-hydrogen) atoms. The summed E-state index contributed by atoms with van der Waals surface area (Å²) in [5.74, 6) is 0.750. The van der Waals surface area contributed by atoms with Crippen LogP contribution in [0.25, 0.3) is 22.2 Å². The highest BCUT2D eigenvalue weighted by Crippen LogP contribution is 2.31. The largest absolute Gasteiger partial charge is 0.497 e. The van der Waals surface area contributed by atoms with E-state index in [1.807, 2.05) is 30.3 Å². The predicted octanol–water partition coefficient (Wildman–Crippen LogP) is 3.27. The second-order valence-corrected chi connectivity index (χ2v) is 6.71. The Morgan fingerprint density at radius 3 is 2.50 bits per heavy atom. The molecule has 6 heteroatoms. The van der Waals surface area contributed by atoms with E-state index in [0.717, 1.165) is 42.6 Å². The summed E-state index contributed by atoms with van der Waals surface area (Å²) < 4.78 is 6.89. The van der Waals surface area contributed by atoms with E-state index in [2.05, 4.69) is 9.97 Å². The zero-order chi connectivity index (χ0) is 18.1. The van der Waals surface area contributed by atoms with Crippen LogP contribution < -0.4 is 16.0 Å². The molecule has 0 bridgehead atoms. The molecule has 1 N–H and O–H groups in total. The third-order valence-electron chi connectivity index (χ3n) is 5.17. The first-order chi connectivity index (χ1) is 12.7. The van der Waals surface area contributed by atoms with E-state index < -0.39 is 5.56 Å². The number of fused-ring (bicyclic) bond motifs is 1. The molecule has 0 atom stereocenters. The van der Waals surface area contributed by atoms with Crippen LogP contribution in [0.3, 0.4) is 0 Å². The Balaban J connectivity index is 1.95. The fourth-order valence-electron chi connectivity index (χ4n) is 3.86. The standard InChI is InChI=1S/C20H21N3O3/c1-26-15-9-7-13(8-10-15)16-11-12-21-18-17(16)19(24)22-20(25)23(18)14-5-3-2-4-6-14/h7-12,14H,2-6H2,1H3,(H,22,24,25). The van der Waals surface area contributed by atoms with Gasteiger partial charge < -0.3 is 4.74 Å². The van der Waals surface area contributed by atoms with Crippen molar-refractivity contribution in [3.63, 3.8) is 0 Å². The molecule has 0 unspecified atom stereocenters. The van der Waals surface area contributed by atoms with Gasteiger partial charge in [0, 0.05) is 12.2 Å². The molecule has 1 fully saturated rings. The number of nitrogens with one attached hydrogen (secondary N) is 1. The molecule has 134 valence electrons. The van der Waals surface area contributed by atoms with Crippen molar-refractivity contribution in [1.29, 1.82) is 0 Å². The molecule has 0 radical (unpaired) electrons. The average molecular weight is 351 g/mol. The monoisotopic (exact) mass is 351 g/mol. The smallest absolute Gasteiger partial charge is 0.330 e. The van der Waals surface area contributed by atoms with Crippen LogP contribution in [-0.2, 0) is 0 Å². The molecular formula is C20H21N3O3. The molecular weight excluding hydrogens is 330 g/mol. The summed E-state index contributed by atoms with van der Waals surface area (Å²) in [6, 6.07) is 9.43. The number of methoxy groups -OCH3 is 1. The number of benzene rings is 1. The Morgan fingerprint density at radius 1 is 1.08 bits per heavy atom. The number of hydrogen-bond acceptors (Lipinski definition) is 4. The second kappa shape index (κ2) is 6.78. The highest BCUT2D eigenvalue weighted by atomic mass is 16.5. The summed E-state index contributed by atoms with van der Waals surface area (Å²) in [7, 11) is 1.62. The van der Waals surface area contributed by atoms with Crippen LogP contribution in [0.4, 0.5) is 0 Å². The number of aromatic amines is 1. The van der Waals surface area contributed by atoms with Gasteiger partial charge in [-0.1, -0.05) is 31.4 Å². The van der Waals surface area contributed by atoms with E-state index in [9.17, 15) is 9.59 Å². The third kappa shape index (κ3) is 2.81. The second-order valence-electron chi connectivity index (χ2n) is 6.71. The lowest BCUT2D eigenvalue weighted by Gasteiger charge is -2.24. The number of ether oxygens (including phenoxy) is 1. The first-order valence-corrected chi connectivity index (χ1v) is 8.97. The Labute approximate surface area is 150 Å². The number of nitrogens with zero attached hydrogens (tertiary/aromatic N) is 2. The fraction of sp³-hybridized carbons (Fsp3) is 0.350. The third-order valence-corrected chi connectivity index (χ3v) is 5.17. The van der Waals surface area contributed by atoms with E-state index in [-0.39, 0.29) is 11.7 Å². The highest BCUT2D eigenvalue weighted by Gasteiger charge is 2.21. The molecule has 4 rings (SSSR count). The maximum Gasteiger partial charge on any atom is 0.330 e. The molecule has 6 nitrogen and oxygen atoms in total. The van der Waals surface area contributed by atoms with Crippen LogP contribution in [0.15, 0.2) is 46.1 Å². The van der Waals surface area contributed by atoms with E-state index in [1.165, 1.54) is 6.42 Å². The van der Waals surface area contributed by atoms with Crippen molar-refractivity contribution >= 4 is 11.0 Å². The molecule has 3 aromatic rings.